The number of nitrogens with zero attached hydrogens (tertiary/aromatic N) is 1. The summed E-state index contributed by atoms with van der Waals surface area (Å²) in [5.41, 5.74) is 7.37. The summed E-state index contributed by atoms with van der Waals surface area (Å²) < 4.78 is 0. The highest BCUT2D eigenvalue weighted by Crippen LogP contribution is 2.13. The summed E-state index contributed by atoms with van der Waals surface area (Å²) in [5.74, 6) is 0. The lowest BCUT2D eigenvalue weighted by atomic mass is 10.0. The number of aliphatic hydroxyl groups excluding tert-OH is 1. The molecule has 1 aromatic rings. The van der Waals surface area contributed by atoms with E-state index in [9.17, 15) is 0 Å². The van der Waals surface area contributed by atoms with E-state index in [2.05, 4.69) is 24.0 Å². The Morgan fingerprint density at radius 1 is 1.17 bits per heavy atom. The second-order valence-corrected chi connectivity index (χ2v) is 4.72. The molecule has 0 radical (unpaired) electrons. The van der Waals surface area contributed by atoms with Crippen molar-refractivity contribution in [2.24, 2.45) is 5.73 Å². The molecule has 1 unspecified atom stereocenters. The zero-order valence-electron chi connectivity index (χ0n) is 11.4. The van der Waals surface area contributed by atoms with Gasteiger partial charge < -0.3 is 15.7 Å². The Balaban J connectivity index is 2.36. The fourth-order valence-corrected chi connectivity index (χ4v) is 2.05. The maximum absolute atomic E-state index is 9.05. The van der Waals surface area contributed by atoms with Crippen molar-refractivity contribution in [2.75, 3.05) is 26.2 Å². The van der Waals surface area contributed by atoms with E-state index < -0.39 is 0 Å². The molecule has 102 valence electrons. The van der Waals surface area contributed by atoms with Crippen LogP contribution in [0.1, 0.15) is 37.8 Å². The molecule has 0 spiro atoms. The molecule has 3 nitrogen and oxygen atoms in total. The summed E-state index contributed by atoms with van der Waals surface area (Å²) in [6, 6.07) is 10.3. The zero-order valence-corrected chi connectivity index (χ0v) is 11.4. The molecule has 0 heterocycles. The molecule has 1 aromatic carbocycles. The third-order valence-electron chi connectivity index (χ3n) is 3.23. The lowest BCUT2D eigenvalue weighted by Gasteiger charge is -2.23. The Bertz CT molecular complexity index is 303. The molecule has 0 aromatic heterocycles. The van der Waals surface area contributed by atoms with Gasteiger partial charge in [-0.3, -0.25) is 0 Å². The summed E-state index contributed by atoms with van der Waals surface area (Å²) in [6.45, 7) is 5.17. The van der Waals surface area contributed by atoms with Crippen LogP contribution in [0.2, 0.25) is 0 Å². The van der Waals surface area contributed by atoms with Crippen molar-refractivity contribution < 1.29 is 5.11 Å². The van der Waals surface area contributed by atoms with Crippen LogP contribution >= 0.6 is 0 Å². The Hall–Kier alpha value is -0.900. The molecular weight excluding hydrogens is 224 g/mol. The predicted octanol–water partition coefficient (Wildman–Crippen LogP) is 2.17. The predicted molar refractivity (Wildman–Crippen MR) is 76.4 cm³/mol. The molecule has 0 aliphatic rings. The maximum Gasteiger partial charge on any atom is 0.0558 e. The fraction of sp³-hybridized carbons (Fsp3) is 0.600. The second kappa shape index (κ2) is 9.09. The van der Waals surface area contributed by atoms with Gasteiger partial charge in [0, 0.05) is 19.1 Å². The van der Waals surface area contributed by atoms with E-state index in [0.29, 0.717) is 0 Å². The number of nitrogens with two attached hydrogens (primary N) is 1. The van der Waals surface area contributed by atoms with Crippen LogP contribution in [-0.2, 0) is 0 Å². The lowest BCUT2D eigenvalue weighted by molar-refractivity contribution is 0.189. The van der Waals surface area contributed by atoms with Gasteiger partial charge in [-0.25, -0.2) is 0 Å². The Labute approximate surface area is 111 Å². The first-order valence-electron chi connectivity index (χ1n) is 6.91. The normalized spacial score (nSPS) is 12.9. The van der Waals surface area contributed by atoms with Crippen LogP contribution in [-0.4, -0.2) is 36.2 Å². The average molecular weight is 250 g/mol. The van der Waals surface area contributed by atoms with Gasteiger partial charge in [-0.2, -0.15) is 0 Å². The Morgan fingerprint density at radius 2 is 1.89 bits per heavy atom. The topological polar surface area (TPSA) is 49.5 Å². The highest BCUT2D eigenvalue weighted by atomic mass is 16.3. The monoisotopic (exact) mass is 250 g/mol. The summed E-state index contributed by atoms with van der Waals surface area (Å²) in [4.78, 5) is 2.30. The van der Waals surface area contributed by atoms with Crippen molar-refractivity contribution in [3.8, 4) is 0 Å². The second-order valence-electron chi connectivity index (χ2n) is 4.72. The van der Waals surface area contributed by atoms with Gasteiger partial charge in [-0.05, 0) is 24.9 Å². The third kappa shape index (κ3) is 5.63. The number of benzene rings is 1. The average Bonchev–Trinajstić information content (AvgIpc) is 2.42. The molecule has 3 heteroatoms. The van der Waals surface area contributed by atoms with Gasteiger partial charge in [0.2, 0.25) is 0 Å². The molecule has 1 atom stereocenters. The van der Waals surface area contributed by atoms with Crippen molar-refractivity contribution in [3.05, 3.63) is 35.9 Å². The minimum Gasteiger partial charge on any atom is -0.395 e. The third-order valence-corrected chi connectivity index (χ3v) is 3.23. The van der Waals surface area contributed by atoms with Gasteiger partial charge in [0.1, 0.15) is 0 Å². The van der Waals surface area contributed by atoms with Crippen LogP contribution in [0, 0.1) is 0 Å². The van der Waals surface area contributed by atoms with Crippen molar-refractivity contribution in [3.63, 3.8) is 0 Å². The Kier molecular flexibility index (Phi) is 7.65. The highest BCUT2D eigenvalue weighted by Gasteiger charge is 2.09. The van der Waals surface area contributed by atoms with Gasteiger partial charge >= 0.3 is 0 Å². The van der Waals surface area contributed by atoms with Crippen LogP contribution in [0.4, 0.5) is 0 Å². The Morgan fingerprint density at radius 3 is 2.50 bits per heavy atom. The summed E-state index contributed by atoms with van der Waals surface area (Å²) in [6.07, 6.45) is 3.31. The minimum atomic E-state index is 0.0917. The SMILES string of the molecule is CCCCN(CCO)CCC(N)c1ccccc1. The quantitative estimate of drug-likeness (QED) is 0.706. The van der Waals surface area contributed by atoms with E-state index in [4.69, 9.17) is 10.8 Å². The summed E-state index contributed by atoms with van der Waals surface area (Å²) >= 11 is 0. The summed E-state index contributed by atoms with van der Waals surface area (Å²) in [7, 11) is 0. The zero-order chi connectivity index (χ0) is 13.2. The molecule has 0 aliphatic heterocycles. The first-order chi connectivity index (χ1) is 8.77. The molecule has 3 N–H and O–H groups in total. The molecule has 0 aliphatic carbocycles. The van der Waals surface area contributed by atoms with Crippen LogP contribution < -0.4 is 5.73 Å². The van der Waals surface area contributed by atoms with Crippen molar-refractivity contribution in [2.45, 2.75) is 32.2 Å². The molecule has 18 heavy (non-hydrogen) atoms. The lowest BCUT2D eigenvalue weighted by Crippen LogP contribution is -2.31. The van der Waals surface area contributed by atoms with Crippen LogP contribution in [0.5, 0.6) is 0 Å². The standard InChI is InChI=1S/C15H26N2O/c1-2-3-10-17(12-13-18)11-9-15(16)14-7-5-4-6-8-14/h4-8,15,18H,2-3,9-13,16H2,1H3. The minimum absolute atomic E-state index is 0.0917. The van der Waals surface area contributed by atoms with E-state index in [1.807, 2.05) is 18.2 Å². The first-order valence-corrected chi connectivity index (χ1v) is 6.91. The molecule has 0 fully saturated rings. The highest BCUT2D eigenvalue weighted by molar-refractivity contribution is 5.18. The smallest absolute Gasteiger partial charge is 0.0558 e. The number of unbranched alkanes of at least 4 members (excludes halogenated alkanes) is 1. The van der Waals surface area contributed by atoms with Crippen LogP contribution in [0.15, 0.2) is 30.3 Å². The molecular formula is C15H26N2O. The molecule has 0 saturated heterocycles. The van der Waals surface area contributed by atoms with Crippen molar-refractivity contribution in [1.82, 2.24) is 4.90 Å². The van der Waals surface area contributed by atoms with Crippen molar-refractivity contribution in [1.29, 1.82) is 0 Å². The molecule has 1 rings (SSSR count). The number of rotatable bonds is 9. The van der Waals surface area contributed by atoms with E-state index in [1.54, 1.807) is 0 Å². The molecule has 0 saturated carbocycles. The first kappa shape index (κ1) is 15.2. The number of aliphatic hydroxyl groups is 1. The van der Waals surface area contributed by atoms with Crippen LogP contribution in [0.3, 0.4) is 0 Å². The maximum atomic E-state index is 9.05. The van der Waals surface area contributed by atoms with E-state index >= 15 is 0 Å². The van der Waals surface area contributed by atoms with E-state index in [-0.39, 0.29) is 12.6 Å². The van der Waals surface area contributed by atoms with Crippen LogP contribution in [0.25, 0.3) is 0 Å². The van der Waals surface area contributed by atoms with Gasteiger partial charge in [-0.15, -0.1) is 0 Å². The van der Waals surface area contributed by atoms with Crippen molar-refractivity contribution >= 4 is 0 Å². The largest absolute Gasteiger partial charge is 0.395 e. The summed E-state index contributed by atoms with van der Waals surface area (Å²) in [5, 5.41) is 9.05. The molecule has 0 bridgehead atoms. The van der Waals surface area contributed by atoms with Gasteiger partial charge in [0.05, 0.1) is 6.61 Å². The molecule has 0 amide bonds. The number of hydrogen-bond donors (Lipinski definition) is 2. The van der Waals surface area contributed by atoms with Gasteiger partial charge in [-0.1, -0.05) is 43.7 Å². The van der Waals surface area contributed by atoms with E-state index in [1.165, 1.54) is 18.4 Å². The number of hydrogen-bond acceptors (Lipinski definition) is 3. The van der Waals surface area contributed by atoms with Gasteiger partial charge in [0.25, 0.3) is 0 Å². The van der Waals surface area contributed by atoms with E-state index in [0.717, 1.165) is 26.1 Å². The fourth-order valence-electron chi connectivity index (χ4n) is 2.05. The van der Waals surface area contributed by atoms with Gasteiger partial charge in [0.15, 0.2) is 0 Å².